The fourth-order valence-corrected chi connectivity index (χ4v) is 0.958. The quantitative estimate of drug-likeness (QED) is 0.313. The van der Waals surface area contributed by atoms with Gasteiger partial charge in [-0.25, -0.2) is 9.59 Å². The fourth-order valence-electron chi connectivity index (χ4n) is 0.958. The Hall–Kier alpha value is 0.406. The Morgan fingerprint density at radius 2 is 1.27 bits per heavy atom. The largest absolute Gasteiger partial charge is 0.327 e. The van der Waals surface area contributed by atoms with Crippen LogP contribution in [0, 0.1) is 0 Å². The molecule has 15 heavy (non-hydrogen) atoms. The molecular weight excluding hydrogens is 259 g/mol. The maximum absolute atomic E-state index is 10.9. The van der Waals surface area contributed by atoms with Crippen LogP contribution in [0.3, 0.4) is 0 Å². The topological polar surface area (TPSA) is 114 Å². The molecule has 0 aliphatic rings. The first kappa shape index (κ1) is 17.8. The predicted octanol–water partition coefficient (Wildman–Crippen LogP) is -2.47. The molecule has 4 N–H and O–H groups in total. The first-order valence-electron chi connectivity index (χ1n) is 3.11. The summed E-state index contributed by atoms with van der Waals surface area (Å²) in [6.07, 6.45) is 0. The maximum Gasteiger partial charge on any atom is 0.327 e. The molecule has 1 unspecified atom stereocenters. The van der Waals surface area contributed by atoms with E-state index in [-0.39, 0.29) is 81.9 Å². The van der Waals surface area contributed by atoms with E-state index in [2.05, 4.69) is 15.0 Å². The second-order valence-corrected chi connectivity index (χ2v) is 2.24. The van der Waals surface area contributed by atoms with Gasteiger partial charge in [0.25, 0.3) is 5.56 Å². The molecule has 0 aliphatic carbocycles. The normalized spacial score (nSPS) is 8.53. The number of H-pyrrole nitrogens is 4. The number of rotatable bonds is 0. The van der Waals surface area contributed by atoms with E-state index in [0.29, 0.717) is 0 Å². The fraction of sp³-hybridized carbons (Fsp3) is 0. The van der Waals surface area contributed by atoms with Crippen LogP contribution >= 0.6 is 9.90 Å². The minimum atomic E-state index is -0.650. The van der Waals surface area contributed by atoms with E-state index in [0.717, 1.165) is 0 Å². The Balaban J connectivity index is 0. The van der Waals surface area contributed by atoms with Gasteiger partial charge in [0.2, 0.25) is 0 Å². The summed E-state index contributed by atoms with van der Waals surface area (Å²) in [5.41, 5.74) is -1.65. The van der Waals surface area contributed by atoms with Gasteiger partial charge in [-0.1, -0.05) is 0 Å². The van der Waals surface area contributed by atoms with Crippen LogP contribution in [0.5, 0.6) is 0 Å². The molecule has 0 spiro atoms. The molecule has 0 saturated heterocycles. The number of aromatic nitrogens is 4. The maximum atomic E-state index is 10.9. The Bertz CT molecular complexity index is 598. The molecule has 0 aromatic carbocycles. The predicted molar refractivity (Wildman–Crippen MR) is 62.8 cm³/mol. The van der Waals surface area contributed by atoms with Gasteiger partial charge >= 0.3 is 11.4 Å². The summed E-state index contributed by atoms with van der Waals surface area (Å²) < 4.78 is 0. The SMILES string of the molecule is O=c1[nH]c(=O)c2[nH]c(=O)[nH]c2[nH]1.P.[Ca].[Mg]. The van der Waals surface area contributed by atoms with E-state index in [1.54, 1.807) is 0 Å². The third-order valence-electron chi connectivity index (χ3n) is 1.42. The Kier molecular flexibility index (Phi) is 8.15. The molecule has 7 nitrogen and oxygen atoms in total. The Labute approximate surface area is 132 Å². The van der Waals surface area contributed by atoms with E-state index >= 15 is 0 Å². The van der Waals surface area contributed by atoms with Gasteiger partial charge in [0.15, 0.2) is 0 Å². The van der Waals surface area contributed by atoms with E-state index in [1.165, 1.54) is 0 Å². The van der Waals surface area contributed by atoms with E-state index in [1.807, 2.05) is 4.98 Å². The van der Waals surface area contributed by atoms with Crippen LogP contribution in [0.25, 0.3) is 11.2 Å². The van der Waals surface area contributed by atoms with Crippen molar-refractivity contribution in [1.29, 1.82) is 0 Å². The zero-order chi connectivity index (χ0) is 8.72. The molecule has 2 rings (SSSR count). The average molecular weight is 266 g/mol. The summed E-state index contributed by atoms with van der Waals surface area (Å²) in [4.78, 5) is 41.0. The van der Waals surface area contributed by atoms with Gasteiger partial charge in [-0.15, -0.1) is 0 Å². The second-order valence-electron chi connectivity index (χ2n) is 2.24. The van der Waals surface area contributed by atoms with Crippen LogP contribution in [-0.2, 0) is 0 Å². The zero-order valence-corrected chi connectivity index (χ0v) is 12.9. The molecule has 2 heterocycles. The Morgan fingerprint density at radius 1 is 0.800 bits per heavy atom. The summed E-state index contributed by atoms with van der Waals surface area (Å²) in [7, 11) is 0. The standard InChI is InChI=1S/C5H4N4O3.Ca.Mg.H3P/c10-3-1-2(7-4(11)6-1)8-5(12)9-3;;;/h(H4,6,7,8,9,10,11,12);;;1H3. The van der Waals surface area contributed by atoms with Gasteiger partial charge in [0.1, 0.15) is 11.2 Å². The molecule has 0 aliphatic heterocycles. The molecule has 10 heteroatoms. The number of hydrogen-bond acceptors (Lipinski definition) is 3. The number of aromatic amines is 4. The summed E-state index contributed by atoms with van der Waals surface area (Å²) in [5, 5.41) is 0. The molecule has 74 valence electrons. The summed E-state index contributed by atoms with van der Waals surface area (Å²) in [6.45, 7) is 0. The van der Waals surface area contributed by atoms with Crippen molar-refractivity contribution in [3.05, 3.63) is 31.3 Å². The molecule has 2 aromatic rings. The zero-order valence-electron chi connectivity index (χ0n) is 7.85. The summed E-state index contributed by atoms with van der Waals surface area (Å²) in [5.74, 6) is 0. The van der Waals surface area contributed by atoms with Gasteiger partial charge in [-0.2, -0.15) is 9.90 Å². The number of hydrogen-bond donors (Lipinski definition) is 4. The van der Waals surface area contributed by atoms with Crippen molar-refractivity contribution in [2.75, 3.05) is 0 Å². The van der Waals surface area contributed by atoms with E-state index in [4.69, 9.17) is 0 Å². The molecular formula is C5H7CaMgN4O3P. The van der Waals surface area contributed by atoms with Crippen molar-refractivity contribution in [2.45, 2.75) is 0 Å². The van der Waals surface area contributed by atoms with E-state index < -0.39 is 16.9 Å². The molecule has 0 amide bonds. The van der Waals surface area contributed by atoms with Crippen molar-refractivity contribution in [1.82, 2.24) is 19.9 Å². The van der Waals surface area contributed by atoms with E-state index in [9.17, 15) is 14.4 Å². The first-order chi connectivity index (χ1) is 5.66. The third-order valence-corrected chi connectivity index (χ3v) is 1.42. The minimum absolute atomic E-state index is 0. The van der Waals surface area contributed by atoms with Crippen molar-refractivity contribution < 1.29 is 0 Å². The Morgan fingerprint density at radius 3 is 1.80 bits per heavy atom. The van der Waals surface area contributed by atoms with Gasteiger partial charge in [0.05, 0.1) is 0 Å². The van der Waals surface area contributed by atoms with Gasteiger partial charge in [-0.05, 0) is 0 Å². The minimum Gasteiger partial charge on any atom is -0.300 e. The van der Waals surface area contributed by atoms with Crippen LogP contribution in [-0.4, -0.2) is 80.7 Å². The molecule has 2 aromatic heterocycles. The van der Waals surface area contributed by atoms with Crippen molar-refractivity contribution in [3.63, 3.8) is 0 Å². The monoisotopic (exact) mass is 266 g/mol. The van der Waals surface area contributed by atoms with Crippen molar-refractivity contribution in [2.24, 2.45) is 0 Å². The molecule has 1 atom stereocenters. The van der Waals surface area contributed by atoms with Crippen LogP contribution in [0.2, 0.25) is 0 Å². The van der Waals surface area contributed by atoms with Crippen LogP contribution in [0.4, 0.5) is 0 Å². The molecule has 0 saturated carbocycles. The molecule has 0 bridgehead atoms. The number of nitrogens with one attached hydrogen (secondary N) is 4. The van der Waals surface area contributed by atoms with Crippen molar-refractivity contribution >= 4 is 81.9 Å². The first-order valence-corrected chi connectivity index (χ1v) is 3.11. The van der Waals surface area contributed by atoms with Crippen LogP contribution in [0.15, 0.2) is 14.4 Å². The average Bonchev–Trinajstić information content (AvgIpc) is 2.29. The van der Waals surface area contributed by atoms with Gasteiger partial charge in [-0.3, -0.25) is 24.7 Å². The number of imidazole rings is 1. The van der Waals surface area contributed by atoms with Gasteiger partial charge in [0, 0.05) is 60.8 Å². The molecule has 0 fully saturated rings. The van der Waals surface area contributed by atoms with Crippen molar-refractivity contribution in [3.8, 4) is 0 Å². The third kappa shape index (κ3) is 3.72. The van der Waals surface area contributed by atoms with Crippen LogP contribution < -0.4 is 16.9 Å². The summed E-state index contributed by atoms with van der Waals surface area (Å²) in [6, 6.07) is 0. The smallest absolute Gasteiger partial charge is 0.300 e. The second kappa shape index (κ2) is 6.87. The molecule has 4 radical (unpaired) electrons. The number of fused-ring (bicyclic) bond motifs is 1. The summed E-state index contributed by atoms with van der Waals surface area (Å²) >= 11 is 0. The van der Waals surface area contributed by atoms with Crippen LogP contribution in [0.1, 0.15) is 0 Å². The van der Waals surface area contributed by atoms with Gasteiger partial charge < -0.3 is 0 Å².